The molecular weight excluding hydrogens is 236 g/mol. The average Bonchev–Trinajstić information content (AvgIpc) is 2.31. The summed E-state index contributed by atoms with van der Waals surface area (Å²) in [5, 5.41) is 0. The minimum Gasteiger partial charge on any atom is -0.300 e. The zero-order valence-electron chi connectivity index (χ0n) is 12.2. The summed E-state index contributed by atoms with van der Waals surface area (Å²) in [5.41, 5.74) is 1.98. The molecule has 0 N–H and O–H groups in total. The molecule has 1 aromatic carbocycles. The molecule has 1 aliphatic carbocycles. The van der Waals surface area contributed by atoms with Crippen LogP contribution in [-0.2, 0) is 11.2 Å². The smallest absolute Gasteiger partial charge is 0.166 e. The molecule has 0 fully saturated rings. The molecule has 0 saturated carbocycles. The molecule has 0 amide bonds. The average molecular weight is 258 g/mol. The Morgan fingerprint density at radius 3 is 2.47 bits per heavy atom. The van der Waals surface area contributed by atoms with Gasteiger partial charge in [0, 0.05) is 17.9 Å². The maximum atomic E-state index is 12.7. The van der Waals surface area contributed by atoms with Crippen molar-refractivity contribution in [3.63, 3.8) is 0 Å². The lowest BCUT2D eigenvalue weighted by Gasteiger charge is -2.40. The minimum atomic E-state index is -0.160. The fourth-order valence-electron chi connectivity index (χ4n) is 3.15. The van der Waals surface area contributed by atoms with Crippen molar-refractivity contribution in [2.24, 2.45) is 17.3 Å². The molecule has 2 rings (SSSR count). The van der Waals surface area contributed by atoms with Crippen LogP contribution in [0.3, 0.4) is 0 Å². The van der Waals surface area contributed by atoms with Crippen LogP contribution >= 0.6 is 0 Å². The Kier molecular flexibility index (Phi) is 3.62. The number of carbonyl (C=O) groups excluding carboxylic acids is 2. The van der Waals surface area contributed by atoms with Crippen LogP contribution in [0.15, 0.2) is 24.3 Å². The fourth-order valence-corrected chi connectivity index (χ4v) is 3.15. The van der Waals surface area contributed by atoms with Crippen LogP contribution in [0.5, 0.6) is 0 Å². The van der Waals surface area contributed by atoms with E-state index >= 15 is 0 Å². The number of carbonyl (C=O) groups is 2. The van der Waals surface area contributed by atoms with Gasteiger partial charge in [-0.2, -0.15) is 0 Å². The largest absolute Gasteiger partial charge is 0.300 e. The van der Waals surface area contributed by atoms with Gasteiger partial charge >= 0.3 is 0 Å². The molecule has 2 heteroatoms. The van der Waals surface area contributed by atoms with E-state index in [1.54, 1.807) is 6.92 Å². The van der Waals surface area contributed by atoms with E-state index in [2.05, 4.69) is 20.8 Å². The predicted octanol–water partition coefficient (Wildman–Crippen LogP) is 3.68. The van der Waals surface area contributed by atoms with Gasteiger partial charge in [-0.15, -0.1) is 0 Å². The number of ketones is 2. The van der Waals surface area contributed by atoms with Crippen molar-refractivity contribution in [3.05, 3.63) is 35.4 Å². The highest BCUT2D eigenvalue weighted by atomic mass is 16.1. The van der Waals surface area contributed by atoms with Gasteiger partial charge in [-0.1, -0.05) is 45.0 Å². The number of hydrogen-bond donors (Lipinski definition) is 0. The lowest BCUT2D eigenvalue weighted by molar-refractivity contribution is -0.118. The Balaban J connectivity index is 2.44. The van der Waals surface area contributed by atoms with E-state index < -0.39 is 0 Å². The van der Waals surface area contributed by atoms with Gasteiger partial charge in [-0.3, -0.25) is 4.79 Å². The first-order valence-corrected chi connectivity index (χ1v) is 6.92. The van der Waals surface area contributed by atoms with Crippen LogP contribution in [-0.4, -0.2) is 11.6 Å². The second kappa shape index (κ2) is 4.92. The van der Waals surface area contributed by atoms with Gasteiger partial charge in [0.25, 0.3) is 0 Å². The summed E-state index contributed by atoms with van der Waals surface area (Å²) in [6.07, 6.45) is 1.26. The molecule has 2 atom stereocenters. The van der Waals surface area contributed by atoms with Gasteiger partial charge in [-0.25, -0.2) is 0 Å². The van der Waals surface area contributed by atoms with E-state index in [1.807, 2.05) is 24.3 Å². The van der Waals surface area contributed by atoms with Crippen LogP contribution in [0.4, 0.5) is 0 Å². The molecule has 102 valence electrons. The summed E-state index contributed by atoms with van der Waals surface area (Å²) in [7, 11) is 0. The van der Waals surface area contributed by atoms with Gasteiger partial charge in [-0.05, 0) is 30.2 Å². The standard InChI is InChI=1S/C17H22O2/c1-11(18)9-14-15(17(2,3)4)10-12-7-5-6-8-13(12)16(14)19/h5-8,14-15H,9-10H2,1-4H3. The SMILES string of the molecule is CC(=O)CC1C(=O)c2ccccc2CC1C(C)(C)C. The predicted molar refractivity (Wildman–Crippen MR) is 76.2 cm³/mol. The number of benzene rings is 1. The van der Waals surface area contributed by atoms with Crippen molar-refractivity contribution in [2.45, 2.75) is 40.5 Å². The zero-order chi connectivity index (χ0) is 14.2. The van der Waals surface area contributed by atoms with E-state index in [4.69, 9.17) is 0 Å². The highest BCUT2D eigenvalue weighted by Crippen LogP contribution is 2.42. The maximum Gasteiger partial charge on any atom is 0.166 e. The normalized spacial score (nSPS) is 23.1. The Hall–Kier alpha value is -1.44. The van der Waals surface area contributed by atoms with E-state index in [-0.39, 0.29) is 28.8 Å². The van der Waals surface area contributed by atoms with Gasteiger partial charge in [0.15, 0.2) is 5.78 Å². The Bertz CT molecular complexity index is 508. The second-order valence-corrected chi connectivity index (χ2v) is 6.71. The first-order chi connectivity index (χ1) is 8.80. The van der Waals surface area contributed by atoms with Crippen molar-refractivity contribution in [3.8, 4) is 0 Å². The fraction of sp³-hybridized carbons (Fsp3) is 0.529. The molecule has 2 nitrogen and oxygen atoms in total. The van der Waals surface area contributed by atoms with Crippen molar-refractivity contribution in [1.82, 2.24) is 0 Å². The lowest BCUT2D eigenvalue weighted by atomic mass is 9.63. The topological polar surface area (TPSA) is 34.1 Å². The lowest BCUT2D eigenvalue weighted by Crippen LogP contribution is -2.39. The summed E-state index contributed by atoms with van der Waals surface area (Å²) >= 11 is 0. The minimum absolute atomic E-state index is 0.0311. The molecule has 0 aromatic heterocycles. The number of rotatable bonds is 2. The van der Waals surface area contributed by atoms with Gasteiger partial charge in [0.2, 0.25) is 0 Å². The van der Waals surface area contributed by atoms with Crippen molar-refractivity contribution in [2.75, 3.05) is 0 Å². The molecule has 0 heterocycles. The van der Waals surface area contributed by atoms with Crippen LogP contribution in [0.25, 0.3) is 0 Å². The van der Waals surface area contributed by atoms with E-state index in [0.717, 1.165) is 17.5 Å². The summed E-state index contributed by atoms with van der Waals surface area (Å²) < 4.78 is 0. The first-order valence-electron chi connectivity index (χ1n) is 6.92. The van der Waals surface area contributed by atoms with Crippen molar-refractivity contribution in [1.29, 1.82) is 0 Å². The monoisotopic (exact) mass is 258 g/mol. The quantitative estimate of drug-likeness (QED) is 0.811. The highest BCUT2D eigenvalue weighted by Gasteiger charge is 2.41. The van der Waals surface area contributed by atoms with Crippen LogP contribution in [0.1, 0.15) is 50.0 Å². The van der Waals surface area contributed by atoms with Gasteiger partial charge < -0.3 is 4.79 Å². The molecule has 0 aliphatic heterocycles. The Morgan fingerprint density at radius 2 is 1.89 bits per heavy atom. The van der Waals surface area contributed by atoms with E-state index in [1.165, 1.54) is 0 Å². The molecule has 2 unspecified atom stereocenters. The van der Waals surface area contributed by atoms with E-state index in [9.17, 15) is 9.59 Å². The summed E-state index contributed by atoms with van der Waals surface area (Å²) in [5.74, 6) is 0.329. The number of hydrogen-bond acceptors (Lipinski definition) is 2. The molecule has 0 bridgehead atoms. The van der Waals surface area contributed by atoms with Crippen LogP contribution in [0, 0.1) is 17.3 Å². The molecular formula is C17H22O2. The van der Waals surface area contributed by atoms with Crippen LogP contribution < -0.4 is 0 Å². The zero-order valence-corrected chi connectivity index (χ0v) is 12.2. The molecule has 0 radical (unpaired) electrons. The van der Waals surface area contributed by atoms with Crippen LogP contribution in [0.2, 0.25) is 0 Å². The molecule has 19 heavy (non-hydrogen) atoms. The molecule has 0 spiro atoms. The molecule has 0 saturated heterocycles. The maximum absolute atomic E-state index is 12.7. The number of fused-ring (bicyclic) bond motifs is 1. The molecule has 1 aliphatic rings. The summed E-state index contributed by atoms with van der Waals surface area (Å²) in [6.45, 7) is 8.05. The van der Waals surface area contributed by atoms with E-state index in [0.29, 0.717) is 6.42 Å². The third kappa shape index (κ3) is 2.78. The van der Waals surface area contributed by atoms with Crippen molar-refractivity contribution < 1.29 is 9.59 Å². The van der Waals surface area contributed by atoms with Gasteiger partial charge in [0.05, 0.1) is 0 Å². The second-order valence-electron chi connectivity index (χ2n) is 6.71. The number of Topliss-reactive ketones (excluding diaryl/α,β-unsaturated/α-hetero) is 2. The third-order valence-electron chi connectivity index (χ3n) is 4.16. The van der Waals surface area contributed by atoms with Crippen molar-refractivity contribution >= 4 is 11.6 Å². The summed E-state index contributed by atoms with van der Waals surface area (Å²) in [6, 6.07) is 7.82. The Morgan fingerprint density at radius 1 is 1.26 bits per heavy atom. The third-order valence-corrected chi connectivity index (χ3v) is 4.16. The summed E-state index contributed by atoms with van der Waals surface area (Å²) in [4.78, 5) is 24.1. The van der Waals surface area contributed by atoms with Gasteiger partial charge in [0.1, 0.15) is 5.78 Å². The first kappa shape index (κ1) is 14.0. The molecule has 1 aromatic rings. The highest BCUT2D eigenvalue weighted by molar-refractivity contribution is 6.02. The Labute approximate surface area is 115 Å².